The molecule has 38 heavy (non-hydrogen) atoms. The topological polar surface area (TPSA) is 190 Å². The number of carbonyl (C=O) groups is 5. The average molecular weight is 548 g/mol. The second-order valence-corrected chi connectivity index (χ2v) is 10.1. The van der Waals surface area contributed by atoms with Gasteiger partial charge in [0.2, 0.25) is 17.7 Å². The Morgan fingerprint density at radius 1 is 1.03 bits per heavy atom. The number of aromatic nitrogens is 1. The Labute approximate surface area is 223 Å². The molecule has 7 N–H and O–H groups in total. The molecule has 0 radical (unpaired) electrons. The van der Waals surface area contributed by atoms with Crippen LogP contribution in [0.3, 0.4) is 0 Å². The molecular weight excluding hydrogens is 514 g/mol. The number of amides is 3. The summed E-state index contributed by atoms with van der Waals surface area (Å²) in [6.45, 7) is 0.704. The Hall–Kier alpha value is -3.58. The summed E-state index contributed by atoms with van der Waals surface area (Å²) in [6.07, 6.45) is 4.60. The van der Waals surface area contributed by atoms with Crippen molar-refractivity contribution in [3.8, 4) is 0 Å². The van der Waals surface area contributed by atoms with E-state index in [1.807, 2.05) is 30.5 Å². The van der Waals surface area contributed by atoms with Gasteiger partial charge in [0, 0.05) is 23.5 Å². The number of aromatic amines is 1. The highest BCUT2D eigenvalue weighted by atomic mass is 32.2. The predicted molar refractivity (Wildman–Crippen MR) is 142 cm³/mol. The molecule has 0 aliphatic carbocycles. The molecule has 3 rings (SSSR count). The molecule has 1 saturated heterocycles. The van der Waals surface area contributed by atoms with Crippen molar-refractivity contribution in [3.05, 3.63) is 36.0 Å². The molecule has 4 unspecified atom stereocenters. The largest absolute Gasteiger partial charge is 0.481 e. The third kappa shape index (κ3) is 7.96. The van der Waals surface area contributed by atoms with Crippen LogP contribution < -0.4 is 21.3 Å². The van der Waals surface area contributed by atoms with Crippen LogP contribution in [0.4, 0.5) is 0 Å². The van der Waals surface area contributed by atoms with Crippen LogP contribution in [0.1, 0.15) is 31.2 Å². The van der Waals surface area contributed by atoms with Crippen LogP contribution in [-0.2, 0) is 30.4 Å². The molecule has 13 heteroatoms. The molecule has 0 spiro atoms. The molecule has 12 nitrogen and oxygen atoms in total. The molecule has 1 aliphatic rings. The van der Waals surface area contributed by atoms with Gasteiger partial charge < -0.3 is 36.5 Å². The fourth-order valence-electron chi connectivity index (χ4n) is 4.33. The second-order valence-electron chi connectivity index (χ2n) is 9.11. The summed E-state index contributed by atoms with van der Waals surface area (Å²) in [6, 6.07) is 3.34. The number of thioether (sulfide) groups is 1. The lowest BCUT2D eigenvalue weighted by Crippen LogP contribution is -2.57. The summed E-state index contributed by atoms with van der Waals surface area (Å²) in [5.41, 5.74) is 1.68. The minimum Gasteiger partial charge on any atom is -0.481 e. The number of hydrogen-bond donors (Lipinski definition) is 7. The molecule has 2 aromatic rings. The van der Waals surface area contributed by atoms with E-state index in [0.717, 1.165) is 22.9 Å². The van der Waals surface area contributed by atoms with Crippen LogP contribution in [0, 0.1) is 0 Å². The van der Waals surface area contributed by atoms with E-state index in [0.29, 0.717) is 18.7 Å². The van der Waals surface area contributed by atoms with Crippen LogP contribution in [-0.4, -0.2) is 87.6 Å². The van der Waals surface area contributed by atoms with E-state index in [1.165, 1.54) is 11.8 Å². The summed E-state index contributed by atoms with van der Waals surface area (Å²) in [4.78, 5) is 64.9. The molecule has 1 fully saturated rings. The zero-order valence-electron chi connectivity index (χ0n) is 21.0. The molecule has 1 aliphatic heterocycles. The number of aliphatic carboxylic acids is 2. The number of rotatable bonds is 14. The number of H-pyrrole nitrogens is 1. The SMILES string of the molecule is CSCCC(NC(=O)C(Cc1c[nH]c2ccccc12)NC(=O)C1CCCN1)C(=O)NC(CC(=O)O)C(=O)O. The van der Waals surface area contributed by atoms with Crippen LogP contribution >= 0.6 is 11.8 Å². The van der Waals surface area contributed by atoms with Crippen molar-refractivity contribution in [1.82, 2.24) is 26.3 Å². The molecular formula is C25H33N5O7S. The average Bonchev–Trinajstić information content (AvgIpc) is 3.56. The van der Waals surface area contributed by atoms with E-state index in [4.69, 9.17) is 5.11 Å². The first-order valence-corrected chi connectivity index (χ1v) is 13.7. The number of carboxylic acids is 2. The van der Waals surface area contributed by atoms with Gasteiger partial charge in [-0.3, -0.25) is 19.2 Å². The van der Waals surface area contributed by atoms with E-state index >= 15 is 0 Å². The third-order valence-electron chi connectivity index (χ3n) is 6.35. The molecule has 1 aromatic carbocycles. The molecule has 2 heterocycles. The number of fused-ring (bicyclic) bond motifs is 1. The van der Waals surface area contributed by atoms with Gasteiger partial charge in [0.25, 0.3) is 0 Å². The van der Waals surface area contributed by atoms with Gasteiger partial charge in [0.15, 0.2) is 0 Å². The van der Waals surface area contributed by atoms with Crippen molar-refractivity contribution in [2.75, 3.05) is 18.6 Å². The minimum atomic E-state index is -1.65. The molecule has 206 valence electrons. The van der Waals surface area contributed by atoms with E-state index in [2.05, 4.69) is 26.3 Å². The summed E-state index contributed by atoms with van der Waals surface area (Å²) >= 11 is 1.43. The highest BCUT2D eigenvalue weighted by molar-refractivity contribution is 7.98. The Balaban J connectivity index is 1.80. The number of para-hydroxylation sites is 1. The first-order valence-electron chi connectivity index (χ1n) is 12.3. The quantitative estimate of drug-likeness (QED) is 0.174. The van der Waals surface area contributed by atoms with Gasteiger partial charge in [-0.15, -0.1) is 0 Å². The highest BCUT2D eigenvalue weighted by Gasteiger charge is 2.32. The molecule has 0 saturated carbocycles. The summed E-state index contributed by atoms with van der Waals surface area (Å²) < 4.78 is 0. The monoisotopic (exact) mass is 547 g/mol. The standard InChI is InChI=1S/C25H33N5O7S/c1-38-10-8-18(23(34)30-20(25(36)37)12-21(31)32)28-24(35)19(29-22(33)17-7-4-9-26-17)11-14-13-27-16-6-3-2-5-15(14)16/h2-3,5-6,13,17-20,26-27H,4,7-12H2,1H3,(H,28,35)(H,29,33)(H,30,34)(H,31,32)(H,36,37). The van der Waals surface area contributed by atoms with Crippen molar-refractivity contribution in [1.29, 1.82) is 0 Å². The smallest absolute Gasteiger partial charge is 0.326 e. The van der Waals surface area contributed by atoms with E-state index in [1.54, 1.807) is 6.20 Å². The van der Waals surface area contributed by atoms with Crippen molar-refractivity contribution >= 4 is 52.3 Å². The Morgan fingerprint density at radius 3 is 2.39 bits per heavy atom. The number of nitrogens with one attached hydrogen (secondary N) is 5. The number of hydrogen-bond acceptors (Lipinski definition) is 7. The van der Waals surface area contributed by atoms with Gasteiger partial charge in [0.1, 0.15) is 18.1 Å². The van der Waals surface area contributed by atoms with Gasteiger partial charge in [-0.25, -0.2) is 4.79 Å². The zero-order chi connectivity index (χ0) is 27.7. The highest BCUT2D eigenvalue weighted by Crippen LogP contribution is 2.19. The lowest BCUT2D eigenvalue weighted by atomic mass is 10.0. The van der Waals surface area contributed by atoms with Crippen LogP contribution in [0.15, 0.2) is 30.5 Å². The van der Waals surface area contributed by atoms with Gasteiger partial charge in [-0.2, -0.15) is 11.8 Å². The molecule has 1 aromatic heterocycles. The van der Waals surface area contributed by atoms with E-state index < -0.39 is 54.3 Å². The molecule has 3 amide bonds. The van der Waals surface area contributed by atoms with Crippen LogP contribution in [0.5, 0.6) is 0 Å². The number of carbonyl (C=O) groups excluding carboxylic acids is 3. The van der Waals surface area contributed by atoms with E-state index in [-0.39, 0.29) is 18.7 Å². The normalized spacial score (nSPS) is 17.3. The van der Waals surface area contributed by atoms with Crippen molar-refractivity contribution < 1.29 is 34.2 Å². The Bertz CT molecular complexity index is 1160. The van der Waals surface area contributed by atoms with Crippen LogP contribution in [0.25, 0.3) is 10.9 Å². The maximum Gasteiger partial charge on any atom is 0.326 e. The molecule has 0 bridgehead atoms. The summed E-state index contributed by atoms with van der Waals surface area (Å²) in [7, 11) is 0. The van der Waals surface area contributed by atoms with Gasteiger partial charge in [-0.1, -0.05) is 18.2 Å². The van der Waals surface area contributed by atoms with Crippen molar-refractivity contribution in [2.24, 2.45) is 0 Å². The maximum atomic E-state index is 13.5. The van der Waals surface area contributed by atoms with Gasteiger partial charge >= 0.3 is 11.9 Å². The van der Waals surface area contributed by atoms with Crippen molar-refractivity contribution in [3.63, 3.8) is 0 Å². The zero-order valence-corrected chi connectivity index (χ0v) is 21.8. The lowest BCUT2D eigenvalue weighted by molar-refractivity contribution is -0.147. The van der Waals surface area contributed by atoms with Gasteiger partial charge in [-0.05, 0) is 49.4 Å². The summed E-state index contributed by atoms with van der Waals surface area (Å²) in [5.74, 6) is -4.14. The first kappa shape index (κ1) is 29.0. The van der Waals surface area contributed by atoms with Gasteiger partial charge in [0.05, 0.1) is 12.5 Å². The predicted octanol–water partition coefficient (Wildman–Crippen LogP) is 0.229. The summed E-state index contributed by atoms with van der Waals surface area (Å²) in [5, 5.41) is 30.0. The second kappa shape index (κ2) is 13.8. The molecule has 4 atom stereocenters. The van der Waals surface area contributed by atoms with Crippen LogP contribution in [0.2, 0.25) is 0 Å². The van der Waals surface area contributed by atoms with Crippen molar-refractivity contribution in [2.45, 2.75) is 56.3 Å². The minimum absolute atomic E-state index is 0.155. The fraction of sp³-hybridized carbons (Fsp3) is 0.480. The Morgan fingerprint density at radius 2 is 1.74 bits per heavy atom. The van der Waals surface area contributed by atoms with E-state index in [9.17, 15) is 29.1 Å². The first-order chi connectivity index (χ1) is 18.2. The number of benzene rings is 1. The Kier molecular flexibility index (Phi) is 10.5. The maximum absolute atomic E-state index is 13.5. The fourth-order valence-corrected chi connectivity index (χ4v) is 4.81. The third-order valence-corrected chi connectivity index (χ3v) is 6.99. The lowest BCUT2D eigenvalue weighted by Gasteiger charge is -2.25. The number of carboxylic acid groups (broad SMARTS) is 2.